The Hall–Kier alpha value is -2.21. The van der Waals surface area contributed by atoms with Crippen molar-refractivity contribution in [1.82, 2.24) is 9.55 Å². The molecule has 98 valence electrons. The molecule has 1 aromatic heterocycles. The first-order valence-electron chi connectivity index (χ1n) is 6.52. The van der Waals surface area contributed by atoms with E-state index in [1.165, 1.54) is 5.56 Å². The molecular weight excluding hydrogens is 234 g/mol. The number of aromatic nitrogens is 2. The van der Waals surface area contributed by atoms with Crippen molar-refractivity contribution in [2.24, 2.45) is 0 Å². The van der Waals surface area contributed by atoms with Gasteiger partial charge < -0.3 is 10.3 Å². The first-order chi connectivity index (χ1) is 9.17. The van der Waals surface area contributed by atoms with E-state index in [-0.39, 0.29) is 0 Å². The van der Waals surface area contributed by atoms with Crippen LogP contribution in [-0.4, -0.2) is 9.55 Å². The number of hydrogen-bond acceptors (Lipinski definition) is 2. The Bertz CT molecular complexity index is 600. The maximum atomic E-state index is 6.20. The van der Waals surface area contributed by atoms with Gasteiger partial charge in [0.1, 0.15) is 17.3 Å². The standard InChI is InChI=1S/C16H19N3/c1-4-6-14-18-15(16(17)19(14)11-5-2)13-9-7-12(3)8-10-13/h2,7-10H,4,6,11,17H2,1,3H3. The largest absolute Gasteiger partial charge is 0.383 e. The smallest absolute Gasteiger partial charge is 0.132 e. The highest BCUT2D eigenvalue weighted by atomic mass is 15.1. The Balaban J connectivity index is 2.49. The van der Waals surface area contributed by atoms with Gasteiger partial charge in [-0.1, -0.05) is 42.7 Å². The highest BCUT2D eigenvalue weighted by Gasteiger charge is 2.14. The minimum atomic E-state index is 0.472. The SMILES string of the molecule is C#CCn1c(CCC)nc(-c2ccc(C)cc2)c1N. The highest BCUT2D eigenvalue weighted by molar-refractivity contribution is 5.71. The molecular formula is C16H19N3. The summed E-state index contributed by atoms with van der Waals surface area (Å²) in [5.74, 6) is 4.26. The summed E-state index contributed by atoms with van der Waals surface area (Å²) >= 11 is 0. The summed E-state index contributed by atoms with van der Waals surface area (Å²) in [4.78, 5) is 4.66. The average Bonchev–Trinajstić information content (AvgIpc) is 2.70. The minimum Gasteiger partial charge on any atom is -0.383 e. The second-order valence-corrected chi connectivity index (χ2v) is 4.67. The van der Waals surface area contributed by atoms with Crippen molar-refractivity contribution in [3.8, 4) is 23.6 Å². The van der Waals surface area contributed by atoms with Crippen LogP contribution in [0.4, 0.5) is 5.82 Å². The molecule has 0 bridgehead atoms. The number of nitrogen functional groups attached to an aromatic ring is 1. The van der Waals surface area contributed by atoms with Crippen LogP contribution < -0.4 is 5.73 Å². The summed E-state index contributed by atoms with van der Waals surface area (Å²) < 4.78 is 1.93. The van der Waals surface area contributed by atoms with E-state index in [1.807, 2.05) is 16.7 Å². The molecule has 0 saturated carbocycles. The van der Waals surface area contributed by atoms with E-state index in [2.05, 4.69) is 36.9 Å². The molecule has 2 aromatic rings. The van der Waals surface area contributed by atoms with Gasteiger partial charge in [0.05, 0.1) is 6.54 Å². The number of rotatable bonds is 4. The zero-order valence-electron chi connectivity index (χ0n) is 11.5. The minimum absolute atomic E-state index is 0.472. The van der Waals surface area contributed by atoms with Gasteiger partial charge in [-0.2, -0.15) is 0 Å². The van der Waals surface area contributed by atoms with Gasteiger partial charge in [0.15, 0.2) is 0 Å². The lowest BCUT2D eigenvalue weighted by atomic mass is 10.1. The summed E-state index contributed by atoms with van der Waals surface area (Å²) in [5, 5.41) is 0. The molecule has 3 nitrogen and oxygen atoms in total. The van der Waals surface area contributed by atoms with Crippen LogP contribution in [0.15, 0.2) is 24.3 Å². The monoisotopic (exact) mass is 253 g/mol. The van der Waals surface area contributed by atoms with Crippen molar-refractivity contribution in [1.29, 1.82) is 0 Å². The molecule has 0 aliphatic carbocycles. The molecule has 0 fully saturated rings. The molecule has 0 spiro atoms. The van der Waals surface area contributed by atoms with Crippen LogP contribution >= 0.6 is 0 Å². The molecule has 3 heteroatoms. The third-order valence-electron chi connectivity index (χ3n) is 3.13. The molecule has 0 unspecified atom stereocenters. The molecule has 0 atom stereocenters. The van der Waals surface area contributed by atoms with Crippen LogP contribution in [0, 0.1) is 19.3 Å². The summed E-state index contributed by atoms with van der Waals surface area (Å²) in [7, 11) is 0. The van der Waals surface area contributed by atoms with Crippen molar-refractivity contribution in [2.75, 3.05) is 5.73 Å². The summed E-state index contributed by atoms with van der Waals surface area (Å²) in [5.41, 5.74) is 9.29. The van der Waals surface area contributed by atoms with E-state index >= 15 is 0 Å². The number of nitrogens with zero attached hydrogens (tertiary/aromatic N) is 2. The second-order valence-electron chi connectivity index (χ2n) is 4.67. The summed E-state index contributed by atoms with van der Waals surface area (Å²) in [6.07, 6.45) is 7.32. The Morgan fingerprint density at radius 3 is 2.58 bits per heavy atom. The van der Waals surface area contributed by atoms with E-state index in [4.69, 9.17) is 12.2 Å². The van der Waals surface area contributed by atoms with E-state index < -0.39 is 0 Å². The molecule has 0 saturated heterocycles. The first-order valence-corrected chi connectivity index (χ1v) is 6.52. The van der Waals surface area contributed by atoms with Crippen molar-refractivity contribution < 1.29 is 0 Å². The molecule has 1 heterocycles. The van der Waals surface area contributed by atoms with E-state index in [9.17, 15) is 0 Å². The zero-order valence-corrected chi connectivity index (χ0v) is 11.5. The quantitative estimate of drug-likeness (QED) is 0.851. The van der Waals surface area contributed by atoms with Gasteiger partial charge >= 0.3 is 0 Å². The lowest BCUT2D eigenvalue weighted by Gasteiger charge is -2.05. The predicted octanol–water partition coefficient (Wildman–Crippen LogP) is 3.03. The van der Waals surface area contributed by atoms with Crippen LogP contribution in [0.5, 0.6) is 0 Å². The fraction of sp³-hybridized carbons (Fsp3) is 0.312. The van der Waals surface area contributed by atoms with Gasteiger partial charge in [-0.25, -0.2) is 4.98 Å². The van der Waals surface area contributed by atoms with Crippen LogP contribution in [0.1, 0.15) is 24.7 Å². The Kier molecular flexibility index (Phi) is 3.91. The molecule has 1 aromatic carbocycles. The van der Waals surface area contributed by atoms with Crippen molar-refractivity contribution in [3.05, 3.63) is 35.7 Å². The van der Waals surface area contributed by atoms with Gasteiger partial charge in [0.2, 0.25) is 0 Å². The highest BCUT2D eigenvalue weighted by Crippen LogP contribution is 2.27. The Labute approximate surface area is 114 Å². The lowest BCUT2D eigenvalue weighted by Crippen LogP contribution is -2.06. The van der Waals surface area contributed by atoms with Crippen molar-refractivity contribution >= 4 is 5.82 Å². The summed E-state index contributed by atoms with van der Waals surface area (Å²) in [6.45, 7) is 4.66. The zero-order chi connectivity index (χ0) is 13.8. The maximum absolute atomic E-state index is 6.20. The third kappa shape index (κ3) is 2.63. The van der Waals surface area contributed by atoms with Gasteiger partial charge in [-0.05, 0) is 13.3 Å². The van der Waals surface area contributed by atoms with Gasteiger partial charge in [-0.3, -0.25) is 0 Å². The fourth-order valence-electron chi connectivity index (χ4n) is 2.12. The van der Waals surface area contributed by atoms with Gasteiger partial charge in [0.25, 0.3) is 0 Å². The Morgan fingerprint density at radius 2 is 2.00 bits per heavy atom. The topological polar surface area (TPSA) is 43.8 Å². The normalized spacial score (nSPS) is 10.4. The molecule has 2 rings (SSSR count). The molecule has 0 amide bonds. The van der Waals surface area contributed by atoms with Crippen LogP contribution in [0.3, 0.4) is 0 Å². The van der Waals surface area contributed by atoms with E-state index in [0.29, 0.717) is 12.4 Å². The third-order valence-corrected chi connectivity index (χ3v) is 3.13. The van der Waals surface area contributed by atoms with Crippen LogP contribution in [-0.2, 0) is 13.0 Å². The molecule has 0 radical (unpaired) electrons. The number of anilines is 1. The number of terminal acetylenes is 1. The fourth-order valence-corrected chi connectivity index (χ4v) is 2.12. The maximum Gasteiger partial charge on any atom is 0.132 e. The van der Waals surface area contributed by atoms with Crippen LogP contribution in [0.25, 0.3) is 11.3 Å². The van der Waals surface area contributed by atoms with E-state index in [1.54, 1.807) is 0 Å². The van der Waals surface area contributed by atoms with Crippen molar-refractivity contribution in [3.63, 3.8) is 0 Å². The van der Waals surface area contributed by atoms with Crippen LogP contribution in [0.2, 0.25) is 0 Å². The molecule has 19 heavy (non-hydrogen) atoms. The Morgan fingerprint density at radius 1 is 1.32 bits per heavy atom. The van der Waals surface area contributed by atoms with Gasteiger partial charge in [0, 0.05) is 12.0 Å². The lowest BCUT2D eigenvalue weighted by molar-refractivity contribution is 0.733. The van der Waals surface area contributed by atoms with E-state index in [0.717, 1.165) is 29.9 Å². The number of aryl methyl sites for hydroxylation is 2. The first kappa shape index (κ1) is 13.2. The number of nitrogens with two attached hydrogens (primary N) is 1. The van der Waals surface area contributed by atoms with Gasteiger partial charge in [-0.15, -0.1) is 6.42 Å². The number of imidazole rings is 1. The van der Waals surface area contributed by atoms with Crippen molar-refractivity contribution in [2.45, 2.75) is 33.2 Å². The predicted molar refractivity (Wildman–Crippen MR) is 79.6 cm³/mol. The molecule has 0 aliphatic heterocycles. The number of hydrogen-bond donors (Lipinski definition) is 1. The average molecular weight is 253 g/mol. The second kappa shape index (κ2) is 5.62. The number of benzene rings is 1. The molecule has 2 N–H and O–H groups in total. The molecule has 0 aliphatic rings. The summed E-state index contributed by atoms with van der Waals surface area (Å²) in [6, 6.07) is 8.22.